The van der Waals surface area contributed by atoms with E-state index < -0.39 is 40.2 Å². The summed E-state index contributed by atoms with van der Waals surface area (Å²) >= 11 is 4.07. The van der Waals surface area contributed by atoms with Gasteiger partial charge in [0.05, 0.1) is 15.6 Å². The van der Waals surface area contributed by atoms with Crippen LogP contribution in [0.1, 0.15) is 30.9 Å². The molecule has 4 heterocycles. The van der Waals surface area contributed by atoms with E-state index in [1.807, 2.05) is 6.07 Å². The molecule has 2 aromatic carbocycles. The fraction of sp³-hybridized carbons (Fsp3) is 0.312. The quantitative estimate of drug-likeness (QED) is 0.128. The molecule has 1 amide bonds. The summed E-state index contributed by atoms with van der Waals surface area (Å²) in [5.74, 6) is -2.49. The highest BCUT2D eigenvalue weighted by Crippen LogP contribution is 2.50. The number of benzene rings is 2. The summed E-state index contributed by atoms with van der Waals surface area (Å²) in [7, 11) is 0. The van der Waals surface area contributed by atoms with Crippen molar-refractivity contribution in [1.29, 1.82) is 0 Å². The monoisotopic (exact) mass is 719 g/mol. The predicted octanol–water partition coefficient (Wildman–Crippen LogP) is 7.02. The van der Waals surface area contributed by atoms with Crippen molar-refractivity contribution < 1.29 is 26.7 Å². The zero-order valence-corrected chi connectivity index (χ0v) is 27.0. The van der Waals surface area contributed by atoms with Crippen molar-refractivity contribution in [2.75, 3.05) is 23.7 Å². The molecule has 2 aliphatic rings. The van der Waals surface area contributed by atoms with Crippen LogP contribution in [0.2, 0.25) is 0 Å². The Balaban J connectivity index is 1.66. The predicted molar refractivity (Wildman–Crippen MR) is 170 cm³/mol. The molecule has 7 nitrogen and oxygen atoms in total. The van der Waals surface area contributed by atoms with Crippen LogP contribution in [0.5, 0.6) is 0 Å². The van der Waals surface area contributed by atoms with E-state index in [0.717, 1.165) is 29.5 Å². The van der Waals surface area contributed by atoms with Crippen molar-refractivity contribution >= 4 is 50.3 Å². The van der Waals surface area contributed by atoms with Crippen LogP contribution in [0.4, 0.5) is 27.8 Å². The van der Waals surface area contributed by atoms with Gasteiger partial charge in [0.1, 0.15) is 17.5 Å². The Morgan fingerprint density at radius 1 is 1.11 bits per heavy atom. The number of piperazine rings is 1. The Labute approximate surface area is 273 Å². The van der Waals surface area contributed by atoms with E-state index in [1.54, 1.807) is 42.1 Å². The van der Waals surface area contributed by atoms with Gasteiger partial charge in [-0.2, -0.15) is 18.2 Å². The van der Waals surface area contributed by atoms with Crippen molar-refractivity contribution in [2.24, 2.45) is 0 Å². The smallest absolute Gasteiger partial charge is 0.352 e. The van der Waals surface area contributed by atoms with Crippen LogP contribution in [0, 0.1) is 11.6 Å². The molecule has 2 aromatic heterocycles. The topological polar surface area (TPSA) is 71.3 Å². The van der Waals surface area contributed by atoms with Crippen LogP contribution >= 0.6 is 27.7 Å². The maximum absolute atomic E-state index is 15.5. The van der Waals surface area contributed by atoms with Gasteiger partial charge in [0, 0.05) is 83.3 Å². The zero-order chi connectivity index (χ0) is 33.1. The molecule has 2 aliphatic heterocycles. The highest BCUT2D eigenvalue weighted by atomic mass is 79.9. The van der Waals surface area contributed by atoms with Gasteiger partial charge in [-0.3, -0.25) is 14.3 Å². The molecular formula is C32H27BrF5N5O2S. The van der Waals surface area contributed by atoms with Crippen molar-refractivity contribution in [1.82, 2.24) is 19.4 Å². The Morgan fingerprint density at radius 3 is 2.46 bits per heavy atom. The summed E-state index contributed by atoms with van der Waals surface area (Å²) in [5, 5.41) is 0.0643. The summed E-state index contributed by atoms with van der Waals surface area (Å²) in [4.78, 5) is 38.4. The lowest BCUT2D eigenvalue weighted by Gasteiger charge is -2.44. The van der Waals surface area contributed by atoms with E-state index >= 15 is 17.6 Å². The first-order valence-corrected chi connectivity index (χ1v) is 16.1. The van der Waals surface area contributed by atoms with Crippen LogP contribution in [0.25, 0.3) is 22.0 Å². The van der Waals surface area contributed by atoms with Crippen molar-refractivity contribution in [2.45, 2.75) is 49.5 Å². The third-order valence-corrected chi connectivity index (χ3v) is 10.3. The lowest BCUT2D eigenvalue weighted by atomic mass is 9.95. The van der Waals surface area contributed by atoms with E-state index in [2.05, 4.69) is 32.5 Å². The summed E-state index contributed by atoms with van der Waals surface area (Å²) in [5.41, 5.74) is -1.82. The molecule has 3 atom stereocenters. The number of halogens is 6. The molecule has 0 saturated carbocycles. The van der Waals surface area contributed by atoms with Gasteiger partial charge in [-0.15, -0.1) is 11.8 Å². The van der Waals surface area contributed by atoms with Gasteiger partial charge >= 0.3 is 11.9 Å². The molecule has 0 radical (unpaired) electrons. The number of thioether (sulfide) groups is 1. The van der Waals surface area contributed by atoms with E-state index in [4.69, 9.17) is 0 Å². The second-order valence-corrected chi connectivity index (χ2v) is 13.3. The van der Waals surface area contributed by atoms with Crippen LogP contribution in [-0.2, 0) is 17.5 Å². The molecule has 14 heteroatoms. The standard InChI is InChI=1S/C32H27BrF5N5O2S/c1-4-26(44)43-16(2)12-41(13-17(43)3)30-21-8-22(32(36,37)38)27(20-9-23(33)25(35)10-24(20)34)29-28(21)42(31(45)40-30)14-19(15-46-29)18-6-5-7-39-11-18/h4-11,16-17,19H,1,12-15H2,2-3H3/t16-,17+,19-/m0/s1. The molecule has 1 fully saturated rings. The third kappa shape index (κ3) is 5.59. The number of hydrogen-bond donors (Lipinski definition) is 0. The van der Waals surface area contributed by atoms with E-state index in [-0.39, 0.29) is 75.4 Å². The molecule has 0 N–H and O–H groups in total. The first-order chi connectivity index (χ1) is 21.8. The third-order valence-electron chi connectivity index (χ3n) is 8.42. The minimum Gasteiger partial charge on any atom is -0.352 e. The minimum absolute atomic E-state index is 0.0379. The van der Waals surface area contributed by atoms with Gasteiger partial charge in [0.2, 0.25) is 5.91 Å². The van der Waals surface area contributed by atoms with E-state index in [1.165, 1.54) is 10.6 Å². The Hall–Kier alpha value is -3.78. The molecule has 0 bridgehead atoms. The Bertz CT molecular complexity index is 1930. The van der Waals surface area contributed by atoms with E-state index in [0.29, 0.717) is 6.07 Å². The van der Waals surface area contributed by atoms with Crippen LogP contribution in [0.3, 0.4) is 0 Å². The van der Waals surface area contributed by atoms with Gasteiger partial charge in [-0.1, -0.05) is 12.6 Å². The number of alkyl halides is 3. The summed E-state index contributed by atoms with van der Waals surface area (Å²) in [6.45, 7) is 7.64. The largest absolute Gasteiger partial charge is 0.417 e. The Kier molecular flexibility index (Phi) is 8.47. The highest BCUT2D eigenvalue weighted by Gasteiger charge is 2.40. The lowest BCUT2D eigenvalue weighted by Crippen LogP contribution is -2.58. The van der Waals surface area contributed by atoms with Crippen molar-refractivity contribution in [3.8, 4) is 11.1 Å². The molecule has 0 unspecified atom stereocenters. The number of pyridine rings is 1. The first-order valence-electron chi connectivity index (χ1n) is 14.4. The number of amides is 1. The number of nitrogens with zero attached hydrogens (tertiary/aromatic N) is 5. The minimum atomic E-state index is -4.96. The number of hydrogen-bond acceptors (Lipinski definition) is 6. The highest BCUT2D eigenvalue weighted by molar-refractivity contribution is 9.10. The second-order valence-electron chi connectivity index (χ2n) is 11.4. The van der Waals surface area contributed by atoms with Gasteiger partial charge in [-0.25, -0.2) is 13.6 Å². The maximum atomic E-state index is 15.5. The number of carbonyl (C=O) groups excluding carboxylic acids is 1. The normalized spacial score (nSPS) is 20.1. The number of aromatic nitrogens is 3. The molecule has 240 valence electrons. The summed E-state index contributed by atoms with van der Waals surface area (Å²) in [6, 6.07) is 5.24. The maximum Gasteiger partial charge on any atom is 0.417 e. The molecular weight excluding hydrogens is 693 g/mol. The second kappa shape index (κ2) is 12.1. The molecule has 46 heavy (non-hydrogen) atoms. The van der Waals surface area contributed by atoms with Crippen LogP contribution in [-0.4, -0.2) is 56.3 Å². The molecule has 1 saturated heterocycles. The first kappa shape index (κ1) is 32.2. The summed E-state index contributed by atoms with van der Waals surface area (Å²) in [6.07, 6.45) is -0.525. The number of anilines is 1. The zero-order valence-electron chi connectivity index (χ0n) is 24.6. The van der Waals surface area contributed by atoms with E-state index in [9.17, 15) is 14.0 Å². The summed E-state index contributed by atoms with van der Waals surface area (Å²) < 4.78 is 76.0. The van der Waals surface area contributed by atoms with Crippen LogP contribution in [0.15, 0.2) is 69.5 Å². The van der Waals surface area contributed by atoms with Gasteiger partial charge < -0.3 is 9.80 Å². The van der Waals surface area contributed by atoms with Gasteiger partial charge in [0.25, 0.3) is 0 Å². The van der Waals surface area contributed by atoms with Crippen molar-refractivity contribution in [3.05, 3.63) is 93.1 Å². The molecule has 4 aromatic rings. The molecule has 0 spiro atoms. The number of carbonyl (C=O) groups is 1. The van der Waals surface area contributed by atoms with Gasteiger partial charge in [-0.05, 0) is 59.6 Å². The SMILES string of the molecule is C=CC(=O)N1[C@H](C)CN(c2nc(=O)n3c4c(c(-c5cc(Br)c(F)cc5F)c(C(F)(F)F)cc24)SC[C@@H](c2cccnc2)C3)C[C@@H]1C. The van der Waals surface area contributed by atoms with Gasteiger partial charge in [0.15, 0.2) is 0 Å². The average molecular weight is 721 g/mol. The van der Waals surface area contributed by atoms with Crippen LogP contribution < -0.4 is 10.6 Å². The fourth-order valence-corrected chi connectivity index (χ4v) is 8.19. The Morgan fingerprint density at radius 2 is 1.83 bits per heavy atom. The molecule has 6 rings (SSSR count). The molecule has 0 aliphatic carbocycles. The average Bonchev–Trinajstić information content (AvgIpc) is 3.21. The van der Waals surface area contributed by atoms with Crippen molar-refractivity contribution in [3.63, 3.8) is 0 Å². The number of rotatable bonds is 4. The lowest BCUT2D eigenvalue weighted by molar-refractivity contribution is -0.137. The fourth-order valence-electron chi connectivity index (χ4n) is 6.46.